The summed E-state index contributed by atoms with van der Waals surface area (Å²) in [5.74, 6) is -0.779. The molecule has 28 heavy (non-hydrogen) atoms. The van der Waals surface area contributed by atoms with Crippen molar-refractivity contribution in [3.05, 3.63) is 41.2 Å². The van der Waals surface area contributed by atoms with Crippen LogP contribution in [0.2, 0.25) is 5.02 Å². The minimum Gasteiger partial charge on any atom is -0.321 e. The summed E-state index contributed by atoms with van der Waals surface area (Å²) in [6.07, 6.45) is 6.00. The number of anilines is 2. The summed E-state index contributed by atoms with van der Waals surface area (Å²) < 4.78 is 4.51. The Morgan fingerprint density at radius 3 is 2.21 bits per heavy atom. The van der Waals surface area contributed by atoms with E-state index in [9.17, 15) is 9.59 Å². The van der Waals surface area contributed by atoms with Crippen molar-refractivity contribution in [3.63, 3.8) is 0 Å². The number of hydrogen-bond acceptors (Lipinski definition) is 5. The molecule has 0 unspecified atom stereocenters. The zero-order chi connectivity index (χ0) is 20.6. The molecule has 3 aromatic rings. The van der Waals surface area contributed by atoms with Gasteiger partial charge in [0.2, 0.25) is 0 Å². The number of aryl methyl sites for hydroxylation is 2. The minimum atomic E-state index is -1.03. The molecule has 0 saturated carbocycles. The molecule has 3 rings (SSSR count). The third kappa shape index (κ3) is 3.50. The summed E-state index contributed by atoms with van der Waals surface area (Å²) >= 11 is 5.90. The lowest BCUT2D eigenvalue weighted by molar-refractivity contribution is -0.123. The minimum absolute atomic E-state index is 0.214. The molecule has 0 atom stereocenters. The monoisotopic (exact) mass is 404 g/mol. The van der Waals surface area contributed by atoms with Crippen LogP contribution in [0.4, 0.5) is 11.4 Å². The number of aromatic nitrogens is 6. The summed E-state index contributed by atoms with van der Waals surface area (Å²) in [7, 11) is 3.41. The molecule has 2 N–H and O–H groups in total. The highest BCUT2D eigenvalue weighted by Crippen LogP contribution is 2.23. The van der Waals surface area contributed by atoms with Gasteiger partial charge >= 0.3 is 0 Å². The SMILES string of the molecule is Cc1c(NC(=O)c2c(NC(=O)C(C)(C)n3cc(Cl)cn3)cnn2C)cnn1C. The zero-order valence-electron chi connectivity index (χ0n) is 16.2. The maximum absolute atomic E-state index is 12.8. The van der Waals surface area contributed by atoms with Crippen LogP contribution >= 0.6 is 11.6 Å². The number of carbonyl (C=O) groups is 2. The quantitative estimate of drug-likeness (QED) is 0.674. The van der Waals surface area contributed by atoms with Crippen LogP contribution in [-0.4, -0.2) is 41.2 Å². The largest absolute Gasteiger partial charge is 0.321 e. The summed E-state index contributed by atoms with van der Waals surface area (Å²) in [4.78, 5) is 25.6. The Morgan fingerprint density at radius 1 is 1.00 bits per heavy atom. The highest BCUT2D eigenvalue weighted by atomic mass is 35.5. The van der Waals surface area contributed by atoms with E-state index >= 15 is 0 Å². The molecule has 0 aromatic carbocycles. The Kier molecular flexibility index (Phi) is 4.99. The first-order valence-electron chi connectivity index (χ1n) is 8.45. The van der Waals surface area contributed by atoms with Gasteiger partial charge in [-0.2, -0.15) is 15.3 Å². The van der Waals surface area contributed by atoms with E-state index in [1.54, 1.807) is 45.0 Å². The number of halogens is 1. The Balaban J connectivity index is 1.83. The Labute approximate surface area is 166 Å². The molecular formula is C17H21ClN8O2. The fraction of sp³-hybridized carbons (Fsp3) is 0.353. The fourth-order valence-corrected chi connectivity index (χ4v) is 2.72. The first-order chi connectivity index (χ1) is 13.1. The highest BCUT2D eigenvalue weighted by molar-refractivity contribution is 6.30. The van der Waals surface area contributed by atoms with E-state index in [1.807, 2.05) is 6.92 Å². The molecule has 3 aromatic heterocycles. The Bertz CT molecular complexity index is 1050. The molecule has 0 bridgehead atoms. The van der Waals surface area contributed by atoms with Crippen LogP contribution in [0.3, 0.4) is 0 Å². The van der Waals surface area contributed by atoms with Gasteiger partial charge in [0, 0.05) is 20.3 Å². The van der Waals surface area contributed by atoms with E-state index < -0.39 is 11.4 Å². The topological polar surface area (TPSA) is 112 Å². The van der Waals surface area contributed by atoms with E-state index in [4.69, 9.17) is 11.6 Å². The molecule has 10 nitrogen and oxygen atoms in total. The van der Waals surface area contributed by atoms with Gasteiger partial charge in [0.1, 0.15) is 11.2 Å². The molecule has 11 heteroatoms. The Hall–Kier alpha value is -3.14. The van der Waals surface area contributed by atoms with Crippen LogP contribution in [0.5, 0.6) is 0 Å². The second kappa shape index (κ2) is 7.12. The molecule has 3 heterocycles. The van der Waals surface area contributed by atoms with Crippen molar-refractivity contribution in [2.75, 3.05) is 10.6 Å². The molecule has 0 spiro atoms. The molecule has 0 saturated heterocycles. The number of nitrogens with zero attached hydrogens (tertiary/aromatic N) is 6. The lowest BCUT2D eigenvalue weighted by atomic mass is 10.0. The smallest absolute Gasteiger partial charge is 0.276 e. The molecule has 0 radical (unpaired) electrons. The van der Waals surface area contributed by atoms with Crippen LogP contribution in [0.25, 0.3) is 0 Å². The van der Waals surface area contributed by atoms with E-state index in [0.717, 1.165) is 5.69 Å². The summed E-state index contributed by atoms with van der Waals surface area (Å²) in [6.45, 7) is 5.23. The molecule has 0 aliphatic rings. The predicted molar refractivity (Wildman–Crippen MR) is 104 cm³/mol. The zero-order valence-corrected chi connectivity index (χ0v) is 16.9. The van der Waals surface area contributed by atoms with Crippen LogP contribution in [0.15, 0.2) is 24.8 Å². The maximum atomic E-state index is 12.8. The number of carbonyl (C=O) groups excluding carboxylic acids is 2. The van der Waals surface area contributed by atoms with E-state index in [-0.39, 0.29) is 17.3 Å². The van der Waals surface area contributed by atoms with Crippen LogP contribution in [-0.2, 0) is 24.4 Å². The maximum Gasteiger partial charge on any atom is 0.276 e. The first-order valence-corrected chi connectivity index (χ1v) is 8.83. The van der Waals surface area contributed by atoms with Gasteiger partial charge in [-0.1, -0.05) is 11.6 Å². The van der Waals surface area contributed by atoms with Crippen LogP contribution in [0.1, 0.15) is 30.0 Å². The van der Waals surface area contributed by atoms with Gasteiger partial charge in [0.05, 0.1) is 40.7 Å². The van der Waals surface area contributed by atoms with Crippen molar-refractivity contribution in [2.45, 2.75) is 26.3 Å². The van der Waals surface area contributed by atoms with Gasteiger partial charge in [-0.3, -0.25) is 23.6 Å². The van der Waals surface area contributed by atoms with Gasteiger partial charge in [-0.15, -0.1) is 0 Å². The Morgan fingerprint density at radius 2 is 1.64 bits per heavy atom. The van der Waals surface area contributed by atoms with E-state index in [2.05, 4.69) is 25.9 Å². The average Bonchev–Trinajstić information content (AvgIpc) is 3.31. The molecule has 148 valence electrons. The van der Waals surface area contributed by atoms with Crippen molar-refractivity contribution in [2.24, 2.45) is 14.1 Å². The average molecular weight is 405 g/mol. The van der Waals surface area contributed by atoms with E-state index in [1.165, 1.54) is 21.8 Å². The van der Waals surface area contributed by atoms with Crippen molar-refractivity contribution in [1.82, 2.24) is 29.3 Å². The normalized spacial score (nSPS) is 11.5. The molecule has 2 amide bonds. The van der Waals surface area contributed by atoms with Crippen molar-refractivity contribution < 1.29 is 9.59 Å². The van der Waals surface area contributed by atoms with Crippen molar-refractivity contribution in [3.8, 4) is 0 Å². The fourth-order valence-electron chi connectivity index (χ4n) is 2.59. The molecule has 0 aliphatic heterocycles. The van der Waals surface area contributed by atoms with Gasteiger partial charge < -0.3 is 10.6 Å². The molecular weight excluding hydrogens is 384 g/mol. The number of nitrogens with one attached hydrogen (secondary N) is 2. The predicted octanol–water partition coefficient (Wildman–Crippen LogP) is 1.94. The van der Waals surface area contributed by atoms with Gasteiger partial charge in [0.15, 0.2) is 0 Å². The first kappa shape index (κ1) is 19.6. The van der Waals surface area contributed by atoms with E-state index in [0.29, 0.717) is 10.7 Å². The lowest BCUT2D eigenvalue weighted by Crippen LogP contribution is -2.41. The van der Waals surface area contributed by atoms with Gasteiger partial charge in [0.25, 0.3) is 11.8 Å². The van der Waals surface area contributed by atoms with Crippen molar-refractivity contribution >= 4 is 34.8 Å². The standard InChI is InChI=1S/C17H21ClN8O2/c1-10-12(7-19-24(10)4)22-15(27)14-13(8-20-25(14)5)23-16(28)17(2,3)26-9-11(18)6-21-26/h6-9H,1-5H3,(H,22,27)(H,23,28). The van der Waals surface area contributed by atoms with Gasteiger partial charge in [-0.05, 0) is 20.8 Å². The lowest BCUT2D eigenvalue weighted by Gasteiger charge is -2.24. The third-order valence-corrected chi connectivity index (χ3v) is 4.76. The number of rotatable bonds is 5. The summed E-state index contributed by atoms with van der Waals surface area (Å²) in [6, 6.07) is 0. The highest BCUT2D eigenvalue weighted by Gasteiger charge is 2.32. The van der Waals surface area contributed by atoms with Crippen LogP contribution < -0.4 is 10.6 Å². The molecule has 0 fully saturated rings. The summed E-state index contributed by atoms with van der Waals surface area (Å²) in [5, 5.41) is 18.3. The van der Waals surface area contributed by atoms with Crippen molar-refractivity contribution in [1.29, 1.82) is 0 Å². The van der Waals surface area contributed by atoms with Crippen LogP contribution in [0, 0.1) is 6.92 Å². The number of amides is 2. The molecule has 0 aliphatic carbocycles. The third-order valence-electron chi connectivity index (χ3n) is 4.56. The second-order valence-corrected chi connectivity index (χ2v) is 7.30. The number of hydrogen-bond donors (Lipinski definition) is 2. The second-order valence-electron chi connectivity index (χ2n) is 6.87. The van der Waals surface area contributed by atoms with Gasteiger partial charge in [-0.25, -0.2) is 0 Å². The summed E-state index contributed by atoms with van der Waals surface area (Å²) in [5.41, 5.74) is 0.857.